The summed E-state index contributed by atoms with van der Waals surface area (Å²) in [5.41, 5.74) is 4.82. The lowest BCUT2D eigenvalue weighted by Crippen LogP contribution is -2.11. The van der Waals surface area contributed by atoms with Crippen molar-refractivity contribution in [1.29, 1.82) is 0 Å². The van der Waals surface area contributed by atoms with Crippen molar-refractivity contribution in [3.8, 4) is 0 Å². The predicted molar refractivity (Wildman–Crippen MR) is 101 cm³/mol. The van der Waals surface area contributed by atoms with Gasteiger partial charge in [0.1, 0.15) is 0 Å². The molecule has 1 aliphatic carbocycles. The third-order valence-electron chi connectivity index (χ3n) is 4.42. The summed E-state index contributed by atoms with van der Waals surface area (Å²) in [7, 11) is 1.44. The Bertz CT molecular complexity index is 798. The van der Waals surface area contributed by atoms with E-state index in [4.69, 9.17) is 4.74 Å². The summed E-state index contributed by atoms with van der Waals surface area (Å²) in [6, 6.07) is 16.2. The molecule has 1 N–H and O–H groups in total. The summed E-state index contributed by atoms with van der Waals surface area (Å²) in [6.07, 6.45) is 1.62. The molecule has 0 amide bonds. The van der Waals surface area contributed by atoms with Crippen molar-refractivity contribution < 1.29 is 9.53 Å². The highest BCUT2D eigenvalue weighted by molar-refractivity contribution is 9.10. The van der Waals surface area contributed by atoms with Gasteiger partial charge in [-0.05, 0) is 42.5 Å². The third-order valence-corrected chi connectivity index (χ3v) is 4.91. The van der Waals surface area contributed by atoms with Gasteiger partial charge in [0.15, 0.2) is 0 Å². The van der Waals surface area contributed by atoms with Crippen LogP contribution in [0.3, 0.4) is 0 Å². The maximum absolute atomic E-state index is 12.4. The number of nitrogens with one attached hydrogen (secondary N) is 1. The molecule has 3 nitrogen and oxygen atoms in total. The molecule has 3 rings (SSSR count). The number of carbonyl (C=O) groups is 1. The van der Waals surface area contributed by atoms with E-state index in [2.05, 4.69) is 46.4 Å². The van der Waals surface area contributed by atoms with Crippen molar-refractivity contribution in [2.75, 3.05) is 12.4 Å². The number of rotatable bonds is 3. The Morgan fingerprint density at radius 1 is 1.21 bits per heavy atom. The van der Waals surface area contributed by atoms with Crippen LogP contribution in [0, 0.1) is 0 Å². The van der Waals surface area contributed by atoms with E-state index in [1.165, 1.54) is 12.7 Å². The monoisotopic (exact) mass is 385 g/mol. The molecule has 2 aromatic carbocycles. The van der Waals surface area contributed by atoms with E-state index < -0.39 is 0 Å². The van der Waals surface area contributed by atoms with Crippen LogP contribution >= 0.6 is 15.9 Å². The maximum atomic E-state index is 12.4. The number of methoxy groups -OCH3 is 1. The van der Waals surface area contributed by atoms with Crippen LogP contribution in [-0.4, -0.2) is 13.1 Å². The number of halogens is 1. The quantitative estimate of drug-likeness (QED) is 0.724. The molecular weight excluding hydrogens is 366 g/mol. The van der Waals surface area contributed by atoms with E-state index in [-0.39, 0.29) is 5.97 Å². The van der Waals surface area contributed by atoms with Crippen LogP contribution in [0.4, 0.5) is 5.69 Å². The summed E-state index contributed by atoms with van der Waals surface area (Å²) in [6.45, 7) is 2.20. The second kappa shape index (κ2) is 7.22. The molecule has 1 atom stereocenters. The van der Waals surface area contributed by atoms with Crippen LogP contribution in [-0.2, 0) is 9.53 Å². The molecule has 124 valence electrons. The highest BCUT2D eigenvalue weighted by Crippen LogP contribution is 2.37. The molecule has 0 saturated heterocycles. The minimum Gasteiger partial charge on any atom is -0.466 e. The van der Waals surface area contributed by atoms with Gasteiger partial charge in [-0.1, -0.05) is 53.2 Å². The molecule has 0 aliphatic heterocycles. The van der Waals surface area contributed by atoms with Crippen molar-refractivity contribution >= 4 is 33.3 Å². The molecule has 24 heavy (non-hydrogen) atoms. The van der Waals surface area contributed by atoms with E-state index in [1.807, 2.05) is 30.3 Å². The summed E-state index contributed by atoms with van der Waals surface area (Å²) in [5.74, 6) is 0.124. The van der Waals surface area contributed by atoms with Gasteiger partial charge in [-0.2, -0.15) is 0 Å². The SMILES string of the molecule is COC(=O)C1=C(Nc2cccc(Br)c2)c2ccccc2C(C)CC1. The predicted octanol–water partition coefficient (Wildman–Crippen LogP) is 5.34. The molecule has 0 radical (unpaired) electrons. The zero-order valence-corrected chi connectivity index (χ0v) is 15.4. The zero-order valence-electron chi connectivity index (χ0n) is 13.8. The summed E-state index contributed by atoms with van der Waals surface area (Å²) >= 11 is 3.49. The molecule has 0 spiro atoms. The largest absolute Gasteiger partial charge is 0.466 e. The maximum Gasteiger partial charge on any atom is 0.335 e. The van der Waals surface area contributed by atoms with Crippen LogP contribution in [0.25, 0.3) is 5.70 Å². The first-order valence-corrected chi connectivity index (χ1v) is 8.83. The van der Waals surface area contributed by atoms with Crippen LogP contribution in [0.5, 0.6) is 0 Å². The van der Waals surface area contributed by atoms with E-state index in [0.29, 0.717) is 17.9 Å². The van der Waals surface area contributed by atoms with Gasteiger partial charge in [0.2, 0.25) is 0 Å². The van der Waals surface area contributed by atoms with E-state index in [9.17, 15) is 4.79 Å². The Kier molecular flexibility index (Phi) is 5.05. The zero-order chi connectivity index (χ0) is 17.1. The van der Waals surface area contributed by atoms with Gasteiger partial charge in [-0.3, -0.25) is 0 Å². The summed E-state index contributed by atoms with van der Waals surface area (Å²) in [4.78, 5) is 12.4. The minimum atomic E-state index is -0.267. The van der Waals surface area contributed by atoms with Crippen molar-refractivity contribution in [2.45, 2.75) is 25.7 Å². The summed E-state index contributed by atoms with van der Waals surface area (Å²) < 4.78 is 6.03. The number of ether oxygens (including phenoxy) is 1. The first kappa shape index (κ1) is 16.8. The number of hydrogen-bond donors (Lipinski definition) is 1. The van der Waals surface area contributed by atoms with Gasteiger partial charge in [0.25, 0.3) is 0 Å². The molecule has 0 bridgehead atoms. The lowest BCUT2D eigenvalue weighted by atomic mass is 9.94. The topological polar surface area (TPSA) is 38.3 Å². The number of fused-ring (bicyclic) bond motifs is 1. The standard InChI is InChI=1S/C20H20BrNO2/c1-13-10-11-18(20(23)24-2)19(17-9-4-3-8-16(13)17)22-15-7-5-6-14(21)12-15/h3-9,12-13,22H,10-11H2,1-2H3. The van der Waals surface area contributed by atoms with Crippen LogP contribution < -0.4 is 5.32 Å². The molecule has 4 heteroatoms. The fourth-order valence-electron chi connectivity index (χ4n) is 3.14. The second-order valence-electron chi connectivity index (χ2n) is 6.01. The van der Waals surface area contributed by atoms with Gasteiger partial charge < -0.3 is 10.1 Å². The smallest absolute Gasteiger partial charge is 0.335 e. The third kappa shape index (κ3) is 3.39. The lowest BCUT2D eigenvalue weighted by molar-refractivity contribution is -0.136. The Morgan fingerprint density at radius 3 is 2.75 bits per heavy atom. The fraction of sp³-hybridized carbons (Fsp3) is 0.250. The van der Waals surface area contributed by atoms with Crippen LogP contribution in [0.15, 0.2) is 58.6 Å². The number of hydrogen-bond acceptors (Lipinski definition) is 3. The first-order valence-electron chi connectivity index (χ1n) is 8.03. The van der Waals surface area contributed by atoms with Gasteiger partial charge in [-0.15, -0.1) is 0 Å². The van der Waals surface area contributed by atoms with Gasteiger partial charge >= 0.3 is 5.97 Å². The number of esters is 1. The molecule has 2 aromatic rings. The Labute approximate surface area is 150 Å². The van der Waals surface area contributed by atoms with Crippen molar-refractivity contribution in [3.63, 3.8) is 0 Å². The highest BCUT2D eigenvalue weighted by Gasteiger charge is 2.25. The van der Waals surface area contributed by atoms with Crippen molar-refractivity contribution in [3.05, 3.63) is 69.7 Å². The normalized spacial score (nSPS) is 17.0. The minimum absolute atomic E-state index is 0.267. The van der Waals surface area contributed by atoms with Crippen LogP contribution in [0.1, 0.15) is 36.8 Å². The molecule has 1 unspecified atom stereocenters. The Balaban J connectivity index is 2.14. The number of benzene rings is 2. The molecular formula is C20H20BrNO2. The van der Waals surface area contributed by atoms with Crippen molar-refractivity contribution in [2.24, 2.45) is 0 Å². The molecule has 1 aliphatic rings. The van der Waals surface area contributed by atoms with E-state index >= 15 is 0 Å². The van der Waals surface area contributed by atoms with E-state index in [0.717, 1.165) is 27.8 Å². The molecule has 0 aromatic heterocycles. The molecule has 0 saturated carbocycles. The molecule has 0 heterocycles. The van der Waals surface area contributed by atoms with E-state index in [1.54, 1.807) is 0 Å². The van der Waals surface area contributed by atoms with Gasteiger partial charge in [0.05, 0.1) is 18.4 Å². The lowest BCUT2D eigenvalue weighted by Gasteiger charge is -2.17. The average Bonchev–Trinajstić information content (AvgIpc) is 2.73. The molecule has 0 fully saturated rings. The van der Waals surface area contributed by atoms with Crippen LogP contribution in [0.2, 0.25) is 0 Å². The summed E-state index contributed by atoms with van der Waals surface area (Å²) in [5, 5.41) is 3.45. The number of carbonyl (C=O) groups excluding carboxylic acids is 1. The highest BCUT2D eigenvalue weighted by atomic mass is 79.9. The van der Waals surface area contributed by atoms with Gasteiger partial charge in [-0.25, -0.2) is 4.79 Å². The first-order chi connectivity index (χ1) is 11.6. The Hall–Kier alpha value is -2.07. The second-order valence-corrected chi connectivity index (χ2v) is 6.92. The van der Waals surface area contributed by atoms with Crippen molar-refractivity contribution in [1.82, 2.24) is 0 Å². The Morgan fingerprint density at radius 2 is 2.00 bits per heavy atom. The van der Waals surface area contributed by atoms with Gasteiger partial charge in [0, 0.05) is 15.7 Å². The number of anilines is 1. The fourth-order valence-corrected chi connectivity index (χ4v) is 3.54. The average molecular weight is 386 g/mol.